The van der Waals surface area contributed by atoms with Crippen LogP contribution < -0.4 is 5.32 Å². The van der Waals surface area contributed by atoms with Crippen LogP contribution >= 0.6 is 0 Å². The van der Waals surface area contributed by atoms with Gasteiger partial charge in [0.05, 0.1) is 12.1 Å². The highest BCUT2D eigenvalue weighted by atomic mass is 16.5. The molecule has 3 aliphatic heterocycles. The summed E-state index contributed by atoms with van der Waals surface area (Å²) in [6.45, 7) is 2.95. The van der Waals surface area contributed by atoms with Gasteiger partial charge in [-0.1, -0.05) is 48.5 Å². The van der Waals surface area contributed by atoms with Crippen molar-refractivity contribution >= 4 is 11.9 Å². The number of morpholine rings is 1. The van der Waals surface area contributed by atoms with Crippen molar-refractivity contribution in [2.45, 2.75) is 37.3 Å². The molecule has 0 bridgehead atoms. The highest BCUT2D eigenvalue weighted by Crippen LogP contribution is 2.50. The zero-order valence-corrected chi connectivity index (χ0v) is 18.2. The fourth-order valence-electron chi connectivity index (χ4n) is 6.20. The van der Waals surface area contributed by atoms with E-state index in [1.54, 1.807) is 0 Å². The first-order valence-electron chi connectivity index (χ1n) is 11.8. The standard InChI is InChI=1S/C26H29N3O3/c30-24-16-32-23-11-14-29(15-22(23)27-24)26(31)28-12-9-17(10-13-28)25-20-7-3-1-5-18(20)19-6-2-4-8-21(19)25/h1-8,17,22-23,25H,9-16H2,(H,27,30). The van der Waals surface area contributed by atoms with E-state index >= 15 is 0 Å². The first-order valence-corrected chi connectivity index (χ1v) is 11.8. The number of urea groups is 1. The van der Waals surface area contributed by atoms with E-state index in [-0.39, 0.29) is 30.7 Å². The van der Waals surface area contributed by atoms with Gasteiger partial charge in [0, 0.05) is 32.1 Å². The first-order chi connectivity index (χ1) is 15.7. The van der Waals surface area contributed by atoms with Crippen molar-refractivity contribution in [2.24, 2.45) is 5.92 Å². The van der Waals surface area contributed by atoms with Crippen LogP contribution in [0, 0.1) is 5.92 Å². The molecule has 1 aliphatic carbocycles. The van der Waals surface area contributed by atoms with Crippen molar-refractivity contribution in [1.29, 1.82) is 0 Å². The summed E-state index contributed by atoms with van der Waals surface area (Å²) in [5, 5.41) is 2.99. The number of hydrogen-bond donors (Lipinski definition) is 1. The van der Waals surface area contributed by atoms with Crippen molar-refractivity contribution < 1.29 is 14.3 Å². The highest BCUT2D eigenvalue weighted by Gasteiger charge is 2.40. The van der Waals surface area contributed by atoms with Gasteiger partial charge < -0.3 is 19.9 Å². The van der Waals surface area contributed by atoms with Gasteiger partial charge in [0.25, 0.3) is 0 Å². The summed E-state index contributed by atoms with van der Waals surface area (Å²) in [4.78, 5) is 28.8. The molecule has 32 heavy (non-hydrogen) atoms. The fraction of sp³-hybridized carbons (Fsp3) is 0.462. The lowest BCUT2D eigenvalue weighted by Gasteiger charge is -2.44. The van der Waals surface area contributed by atoms with E-state index in [0.717, 1.165) is 32.4 Å². The van der Waals surface area contributed by atoms with Crippen LogP contribution in [0.5, 0.6) is 0 Å². The van der Waals surface area contributed by atoms with Crippen molar-refractivity contribution in [3.63, 3.8) is 0 Å². The van der Waals surface area contributed by atoms with E-state index in [9.17, 15) is 9.59 Å². The Balaban J connectivity index is 1.13. The van der Waals surface area contributed by atoms with Gasteiger partial charge in [0.2, 0.25) is 5.91 Å². The molecule has 6 heteroatoms. The summed E-state index contributed by atoms with van der Waals surface area (Å²) in [5.74, 6) is 0.879. The normalized spacial score (nSPS) is 25.7. The molecule has 0 saturated carbocycles. The lowest BCUT2D eigenvalue weighted by atomic mass is 9.78. The summed E-state index contributed by atoms with van der Waals surface area (Å²) < 4.78 is 5.63. The predicted octanol–water partition coefficient (Wildman–Crippen LogP) is 3.22. The lowest BCUT2D eigenvalue weighted by Crippen LogP contribution is -2.62. The van der Waals surface area contributed by atoms with E-state index < -0.39 is 0 Å². The van der Waals surface area contributed by atoms with Gasteiger partial charge in [-0.05, 0) is 47.4 Å². The van der Waals surface area contributed by atoms with Crippen LogP contribution in [0.25, 0.3) is 11.1 Å². The van der Waals surface area contributed by atoms with Crippen molar-refractivity contribution in [2.75, 3.05) is 32.8 Å². The number of carbonyl (C=O) groups excluding carboxylic acids is 2. The molecule has 2 aromatic rings. The van der Waals surface area contributed by atoms with Gasteiger partial charge in [0.1, 0.15) is 6.61 Å². The van der Waals surface area contributed by atoms with Gasteiger partial charge in [-0.15, -0.1) is 0 Å². The van der Waals surface area contributed by atoms with Gasteiger partial charge >= 0.3 is 6.03 Å². The number of amides is 3. The largest absolute Gasteiger partial charge is 0.366 e. The molecule has 3 heterocycles. The molecule has 0 radical (unpaired) electrons. The van der Waals surface area contributed by atoms with Gasteiger partial charge in [-0.25, -0.2) is 4.79 Å². The minimum atomic E-state index is -0.0852. The molecule has 166 valence electrons. The zero-order valence-electron chi connectivity index (χ0n) is 18.2. The third-order valence-electron chi connectivity index (χ3n) is 7.76. The average Bonchev–Trinajstić information content (AvgIpc) is 3.18. The maximum Gasteiger partial charge on any atom is 0.320 e. The van der Waals surface area contributed by atoms with E-state index in [1.807, 2.05) is 9.80 Å². The molecule has 6 nitrogen and oxygen atoms in total. The topological polar surface area (TPSA) is 61.9 Å². The Labute approximate surface area is 188 Å². The maximum absolute atomic E-state index is 13.2. The minimum absolute atomic E-state index is 0.0324. The number of fused-ring (bicyclic) bond motifs is 4. The predicted molar refractivity (Wildman–Crippen MR) is 121 cm³/mol. The van der Waals surface area contributed by atoms with Crippen molar-refractivity contribution in [3.05, 3.63) is 59.7 Å². The van der Waals surface area contributed by atoms with Crippen LogP contribution in [0.1, 0.15) is 36.3 Å². The molecule has 4 aliphatic rings. The van der Waals surface area contributed by atoms with Crippen LogP contribution in [0.15, 0.2) is 48.5 Å². The van der Waals surface area contributed by atoms with Gasteiger partial charge in [-0.3, -0.25) is 4.79 Å². The maximum atomic E-state index is 13.2. The third kappa shape index (κ3) is 3.28. The summed E-state index contributed by atoms with van der Waals surface area (Å²) in [6, 6.07) is 17.6. The third-order valence-corrected chi connectivity index (χ3v) is 7.76. The number of benzene rings is 2. The first kappa shape index (κ1) is 19.8. The van der Waals surface area contributed by atoms with E-state index in [2.05, 4.69) is 53.8 Å². The molecule has 3 fully saturated rings. The number of nitrogens with one attached hydrogen (secondary N) is 1. The Hall–Kier alpha value is -2.86. The van der Waals surface area contributed by atoms with Crippen LogP contribution in [0.4, 0.5) is 4.79 Å². The molecule has 6 rings (SSSR count). The summed E-state index contributed by atoms with van der Waals surface area (Å²) in [7, 11) is 0. The number of hydrogen-bond acceptors (Lipinski definition) is 3. The highest BCUT2D eigenvalue weighted by molar-refractivity contribution is 5.80. The van der Waals surface area contributed by atoms with Gasteiger partial charge in [-0.2, -0.15) is 0 Å². The number of likely N-dealkylation sites (tertiary alicyclic amines) is 2. The summed E-state index contributed by atoms with van der Waals surface area (Å²) in [6.07, 6.45) is 2.84. The van der Waals surface area contributed by atoms with Gasteiger partial charge in [0.15, 0.2) is 0 Å². The number of piperidine rings is 2. The van der Waals surface area contributed by atoms with E-state index in [4.69, 9.17) is 4.74 Å². The fourth-order valence-corrected chi connectivity index (χ4v) is 6.20. The lowest BCUT2D eigenvalue weighted by molar-refractivity contribution is -0.139. The Morgan fingerprint density at radius 2 is 1.50 bits per heavy atom. The molecule has 2 unspecified atom stereocenters. The second-order valence-corrected chi connectivity index (χ2v) is 9.52. The van der Waals surface area contributed by atoms with Crippen LogP contribution in [0.2, 0.25) is 0 Å². The molecule has 0 aromatic heterocycles. The summed E-state index contributed by atoms with van der Waals surface area (Å²) >= 11 is 0. The van der Waals surface area contributed by atoms with Crippen LogP contribution in [0.3, 0.4) is 0 Å². The van der Waals surface area contributed by atoms with Crippen molar-refractivity contribution in [1.82, 2.24) is 15.1 Å². The Bertz CT molecular complexity index is 1000. The SMILES string of the molecule is O=C1COC2CCN(C(=O)N3CCC(C4c5ccccc5-c5ccccc54)CC3)CC2N1. The second-order valence-electron chi connectivity index (χ2n) is 9.52. The molecule has 3 amide bonds. The second kappa shape index (κ2) is 7.93. The monoisotopic (exact) mass is 431 g/mol. The Kier molecular flexibility index (Phi) is 4.90. The number of rotatable bonds is 1. The number of carbonyl (C=O) groups is 2. The average molecular weight is 432 g/mol. The smallest absolute Gasteiger partial charge is 0.320 e. The number of ether oxygens (including phenoxy) is 1. The Morgan fingerprint density at radius 1 is 0.875 bits per heavy atom. The number of nitrogens with zero attached hydrogens (tertiary/aromatic N) is 2. The minimum Gasteiger partial charge on any atom is -0.366 e. The molecular weight excluding hydrogens is 402 g/mol. The molecule has 3 saturated heterocycles. The quantitative estimate of drug-likeness (QED) is 0.754. The summed E-state index contributed by atoms with van der Waals surface area (Å²) in [5.41, 5.74) is 5.61. The molecule has 0 spiro atoms. The zero-order chi connectivity index (χ0) is 21.7. The van der Waals surface area contributed by atoms with Crippen molar-refractivity contribution in [3.8, 4) is 11.1 Å². The van der Waals surface area contributed by atoms with E-state index in [1.165, 1.54) is 22.3 Å². The van der Waals surface area contributed by atoms with E-state index in [0.29, 0.717) is 24.9 Å². The Morgan fingerprint density at radius 3 is 2.19 bits per heavy atom. The van der Waals surface area contributed by atoms with Crippen LogP contribution in [-0.2, 0) is 9.53 Å². The molecule has 2 atom stereocenters. The molecule has 1 N–H and O–H groups in total. The molecule has 2 aromatic carbocycles. The molecular formula is C26H29N3O3. The van der Waals surface area contributed by atoms with Crippen LogP contribution in [-0.4, -0.2) is 66.7 Å².